The normalized spacial score (nSPS) is 19.6. The Hall–Kier alpha value is -3.48. The number of aromatic nitrogens is 6. The average molecular weight is 581 g/mol. The predicted octanol–water partition coefficient (Wildman–Crippen LogP) is 5.70. The summed E-state index contributed by atoms with van der Waals surface area (Å²) in [6, 6.07) is 3.07. The number of hydrogen-bond donors (Lipinski definition) is 0. The number of piperidine rings is 1. The van der Waals surface area contributed by atoms with Crippen LogP contribution in [0.5, 0.6) is 0 Å². The van der Waals surface area contributed by atoms with Gasteiger partial charge >= 0.3 is 12.3 Å². The van der Waals surface area contributed by atoms with Crippen molar-refractivity contribution in [2.75, 3.05) is 4.90 Å². The second-order valence-corrected chi connectivity index (χ2v) is 10.5. The molecule has 1 aliphatic heterocycles. The Morgan fingerprint density at radius 1 is 1.12 bits per heavy atom. The Morgan fingerprint density at radius 3 is 2.30 bits per heavy atom. The lowest BCUT2D eigenvalue weighted by Gasteiger charge is -2.47. The fourth-order valence-electron chi connectivity index (χ4n) is 5.12. The van der Waals surface area contributed by atoms with Crippen molar-refractivity contribution < 1.29 is 22.7 Å². The number of anilines is 1. The minimum atomic E-state index is -4.54. The predicted molar refractivity (Wildman–Crippen MR) is 142 cm³/mol. The maximum atomic E-state index is 13.6. The van der Waals surface area contributed by atoms with Crippen LogP contribution >= 0.6 is 11.6 Å². The Kier molecular flexibility index (Phi) is 9.12. The smallest absolute Gasteiger partial charge is 0.416 e. The summed E-state index contributed by atoms with van der Waals surface area (Å²) in [5.41, 5.74) is 0.0738. The summed E-state index contributed by atoms with van der Waals surface area (Å²) < 4.78 is 47.7. The van der Waals surface area contributed by atoms with Crippen molar-refractivity contribution in [3.8, 4) is 5.69 Å². The van der Waals surface area contributed by atoms with Gasteiger partial charge < -0.3 is 14.5 Å². The maximum absolute atomic E-state index is 13.6. The van der Waals surface area contributed by atoms with Crippen molar-refractivity contribution in [1.29, 1.82) is 0 Å². The number of rotatable bonds is 8. The zero-order valence-corrected chi connectivity index (χ0v) is 23.5. The third-order valence-electron chi connectivity index (χ3n) is 6.94. The number of ether oxygens (including phenoxy) is 1. The van der Waals surface area contributed by atoms with Gasteiger partial charge in [0.25, 0.3) is 0 Å². The molecule has 1 aliphatic rings. The molecule has 3 heterocycles. The highest BCUT2D eigenvalue weighted by Crippen LogP contribution is 2.35. The number of benzene rings is 1. The molecule has 40 heavy (non-hydrogen) atoms. The van der Waals surface area contributed by atoms with Gasteiger partial charge in [0, 0.05) is 29.7 Å². The molecule has 0 aliphatic carbocycles. The van der Waals surface area contributed by atoms with Gasteiger partial charge in [-0.1, -0.05) is 25.4 Å². The monoisotopic (exact) mass is 580 g/mol. The van der Waals surface area contributed by atoms with E-state index in [9.17, 15) is 18.0 Å². The summed E-state index contributed by atoms with van der Waals surface area (Å²) in [5, 5.41) is 11.1. The third kappa shape index (κ3) is 6.80. The highest BCUT2D eigenvalue weighted by molar-refractivity contribution is 6.30. The van der Waals surface area contributed by atoms with Crippen molar-refractivity contribution >= 4 is 23.6 Å². The summed E-state index contributed by atoms with van der Waals surface area (Å²) in [4.78, 5) is 25.8. The molecule has 0 bridgehead atoms. The minimum Gasteiger partial charge on any atom is -0.447 e. The van der Waals surface area contributed by atoms with Crippen LogP contribution in [0, 0.1) is 0 Å². The van der Waals surface area contributed by atoms with Crippen LogP contribution in [-0.2, 0) is 17.5 Å². The molecule has 1 amide bonds. The van der Waals surface area contributed by atoms with Gasteiger partial charge in [-0.25, -0.2) is 14.8 Å². The molecule has 0 spiro atoms. The number of amides is 1. The van der Waals surface area contributed by atoms with Crippen LogP contribution in [0.2, 0.25) is 5.02 Å². The fourth-order valence-corrected chi connectivity index (χ4v) is 5.37. The molecule has 216 valence electrons. The molecular formula is C26H32ClF3N8O2. The Balaban J connectivity index is 1.70. The van der Waals surface area contributed by atoms with E-state index in [0.717, 1.165) is 12.1 Å². The molecule has 0 N–H and O–H groups in total. The Morgan fingerprint density at radius 2 is 1.77 bits per heavy atom. The molecule has 2 aromatic heterocycles. The Labute approximate surface area is 235 Å². The largest absolute Gasteiger partial charge is 0.447 e. The second-order valence-electron chi connectivity index (χ2n) is 10.1. The van der Waals surface area contributed by atoms with Gasteiger partial charge in [-0.15, -0.1) is 5.10 Å². The van der Waals surface area contributed by atoms with Crippen LogP contribution in [-0.4, -0.2) is 65.4 Å². The lowest BCUT2D eigenvalue weighted by atomic mass is 9.87. The van der Waals surface area contributed by atoms with E-state index in [2.05, 4.69) is 25.5 Å². The first kappa shape index (κ1) is 29.5. The summed E-state index contributed by atoms with van der Waals surface area (Å²) in [5.74, 6) is 0.332. The van der Waals surface area contributed by atoms with Crippen LogP contribution in [0.1, 0.15) is 64.5 Å². The van der Waals surface area contributed by atoms with Gasteiger partial charge in [0.05, 0.1) is 24.1 Å². The number of carbonyl (C=O) groups excluding carboxylic acids is 1. The van der Waals surface area contributed by atoms with E-state index < -0.39 is 11.7 Å². The molecule has 4 rings (SSSR count). The van der Waals surface area contributed by atoms with E-state index in [1.165, 1.54) is 17.1 Å². The molecule has 3 aromatic rings. The summed E-state index contributed by atoms with van der Waals surface area (Å²) >= 11 is 6.11. The van der Waals surface area contributed by atoms with E-state index in [1.54, 1.807) is 12.4 Å². The van der Waals surface area contributed by atoms with Gasteiger partial charge in [-0.05, 0) is 73.7 Å². The SMILES string of the molecule is CC[C@@H]1CC(N(Cc2cc(Cl)cc(C(F)(F)F)c2)c2ncc(-n3cnnn3)cn2)C[C@H](CC)N1C(=O)OC(C)C. The summed E-state index contributed by atoms with van der Waals surface area (Å²) in [6.45, 7) is 7.71. The molecule has 10 nitrogen and oxygen atoms in total. The quantitative estimate of drug-likeness (QED) is 0.334. The number of tetrazole rings is 1. The first-order valence-electron chi connectivity index (χ1n) is 13.2. The van der Waals surface area contributed by atoms with Crippen LogP contribution < -0.4 is 4.90 Å². The number of likely N-dealkylation sites (tertiary alicyclic amines) is 1. The number of hydrogen-bond acceptors (Lipinski definition) is 8. The molecule has 1 saturated heterocycles. The molecular weight excluding hydrogens is 549 g/mol. The van der Waals surface area contributed by atoms with E-state index in [4.69, 9.17) is 16.3 Å². The topological polar surface area (TPSA) is 102 Å². The molecule has 1 fully saturated rings. The number of halogens is 4. The number of nitrogens with zero attached hydrogens (tertiary/aromatic N) is 8. The van der Waals surface area contributed by atoms with Gasteiger partial charge in [0.15, 0.2) is 0 Å². The van der Waals surface area contributed by atoms with Gasteiger partial charge in [-0.3, -0.25) is 0 Å². The van der Waals surface area contributed by atoms with Gasteiger partial charge in [-0.2, -0.15) is 17.9 Å². The lowest BCUT2D eigenvalue weighted by Crippen LogP contribution is -2.57. The lowest BCUT2D eigenvalue weighted by molar-refractivity contribution is -0.137. The van der Waals surface area contributed by atoms with Crippen molar-refractivity contribution in [2.45, 2.75) is 90.3 Å². The second kappa shape index (κ2) is 12.4. The molecule has 0 saturated carbocycles. The zero-order valence-electron chi connectivity index (χ0n) is 22.7. The average Bonchev–Trinajstić information content (AvgIpc) is 3.45. The van der Waals surface area contributed by atoms with Crippen LogP contribution in [0.15, 0.2) is 36.9 Å². The van der Waals surface area contributed by atoms with Crippen LogP contribution in [0.25, 0.3) is 5.69 Å². The van der Waals surface area contributed by atoms with E-state index in [0.29, 0.717) is 42.9 Å². The molecule has 1 aromatic carbocycles. The Bertz CT molecular complexity index is 1260. The first-order chi connectivity index (χ1) is 19.0. The van der Waals surface area contributed by atoms with E-state index >= 15 is 0 Å². The van der Waals surface area contributed by atoms with E-state index in [1.807, 2.05) is 37.5 Å². The van der Waals surface area contributed by atoms with Gasteiger partial charge in [0.2, 0.25) is 5.95 Å². The number of alkyl halides is 3. The third-order valence-corrected chi connectivity index (χ3v) is 7.16. The molecule has 0 radical (unpaired) electrons. The molecule has 3 atom stereocenters. The van der Waals surface area contributed by atoms with Gasteiger partial charge in [0.1, 0.15) is 12.0 Å². The fraction of sp³-hybridized carbons (Fsp3) is 0.538. The van der Waals surface area contributed by atoms with Crippen LogP contribution in [0.3, 0.4) is 0 Å². The maximum Gasteiger partial charge on any atom is 0.416 e. The standard InChI is InChI=1S/C26H32ClF3N8O2/c1-5-20-10-22(11-21(6-2)38(20)25(39)40-16(3)4)36(14-17-7-18(26(28,29)30)9-19(27)8-17)24-31-12-23(13-32-24)37-15-33-34-35-37/h7-9,12-13,15-16,20-22H,5-6,10-11,14H2,1-4H3/t20-,21+,22?. The van der Waals surface area contributed by atoms with Crippen molar-refractivity contribution in [3.63, 3.8) is 0 Å². The van der Waals surface area contributed by atoms with Crippen molar-refractivity contribution in [2.24, 2.45) is 0 Å². The summed E-state index contributed by atoms with van der Waals surface area (Å²) in [7, 11) is 0. The number of carbonyl (C=O) groups is 1. The van der Waals surface area contributed by atoms with E-state index in [-0.39, 0.29) is 41.9 Å². The zero-order chi connectivity index (χ0) is 29.0. The highest BCUT2D eigenvalue weighted by Gasteiger charge is 2.41. The van der Waals surface area contributed by atoms with Crippen LogP contribution in [0.4, 0.5) is 23.9 Å². The minimum absolute atomic E-state index is 0.0103. The summed E-state index contributed by atoms with van der Waals surface area (Å²) in [6.07, 6.45) is 1.84. The highest BCUT2D eigenvalue weighted by atomic mass is 35.5. The van der Waals surface area contributed by atoms with Crippen molar-refractivity contribution in [3.05, 3.63) is 53.1 Å². The van der Waals surface area contributed by atoms with Crippen molar-refractivity contribution in [1.82, 2.24) is 35.1 Å². The molecule has 1 unspecified atom stereocenters. The first-order valence-corrected chi connectivity index (χ1v) is 13.6. The molecule has 14 heteroatoms.